The molecule has 0 saturated carbocycles. The minimum atomic E-state index is -0.0548. The first kappa shape index (κ1) is 10.3. The van der Waals surface area contributed by atoms with Crippen molar-refractivity contribution in [1.82, 2.24) is 0 Å². The summed E-state index contributed by atoms with van der Waals surface area (Å²) in [5, 5.41) is 0. The third-order valence-corrected chi connectivity index (χ3v) is 5.64. The summed E-state index contributed by atoms with van der Waals surface area (Å²) in [6.45, 7) is 4.40. The van der Waals surface area contributed by atoms with E-state index in [2.05, 4.69) is 44.3 Å². The molecule has 0 saturated heterocycles. The molecule has 12 heavy (non-hydrogen) atoms. The van der Waals surface area contributed by atoms with Gasteiger partial charge in [0.15, 0.2) is 0 Å². The van der Waals surface area contributed by atoms with Gasteiger partial charge in [-0.2, -0.15) is 12.2 Å². The molecule has 68 valence electrons. The summed E-state index contributed by atoms with van der Waals surface area (Å²) >= 11 is 4.67. The van der Waals surface area contributed by atoms with Crippen LogP contribution in [0.25, 0.3) is 0 Å². The Morgan fingerprint density at radius 1 is 1.67 bits per heavy atom. The summed E-state index contributed by atoms with van der Waals surface area (Å²) in [4.78, 5) is 0. The molecule has 0 spiro atoms. The van der Waals surface area contributed by atoms with Gasteiger partial charge in [0.25, 0.3) is 0 Å². The fourth-order valence-corrected chi connectivity index (χ4v) is 3.87. The normalized spacial score (nSPS) is 25.2. The molecule has 2 heteroatoms. The molecule has 1 aliphatic rings. The molecule has 0 aliphatic heterocycles. The zero-order valence-corrected chi connectivity index (χ0v) is 9.61. The van der Waals surface area contributed by atoms with Crippen molar-refractivity contribution in [2.24, 2.45) is 0 Å². The molecule has 0 aromatic carbocycles. The van der Waals surface area contributed by atoms with Crippen molar-refractivity contribution < 1.29 is 0 Å². The lowest BCUT2D eigenvalue weighted by molar-refractivity contribution is 1.01. The molecule has 0 radical (unpaired) electrons. The van der Waals surface area contributed by atoms with E-state index in [4.69, 9.17) is 0 Å². The van der Waals surface area contributed by atoms with Crippen LogP contribution in [0.4, 0.5) is 0 Å². The molecule has 0 aromatic rings. The highest BCUT2D eigenvalue weighted by Crippen LogP contribution is 2.49. The Balaban J connectivity index is 2.41. The molecule has 1 aliphatic carbocycles. The molecule has 0 fully saturated rings. The molecule has 0 nitrogen and oxygen atoms in total. The summed E-state index contributed by atoms with van der Waals surface area (Å²) in [5.41, 5.74) is 2.13. The van der Waals surface area contributed by atoms with Crippen LogP contribution in [-0.4, -0.2) is 11.8 Å². The van der Waals surface area contributed by atoms with Crippen LogP contribution in [0, 0.1) is 0 Å². The zero-order valence-electron chi connectivity index (χ0n) is 7.83. The van der Waals surface area contributed by atoms with Crippen LogP contribution >= 0.6 is 19.4 Å². The van der Waals surface area contributed by atoms with E-state index in [0.717, 1.165) is 5.66 Å². The molecule has 2 atom stereocenters. The van der Waals surface area contributed by atoms with Crippen LogP contribution in [0.2, 0.25) is 0 Å². The van der Waals surface area contributed by atoms with E-state index in [1.807, 2.05) is 0 Å². The minimum absolute atomic E-state index is 0.0548. The van der Waals surface area contributed by atoms with Gasteiger partial charge in [-0.3, -0.25) is 0 Å². The smallest absolute Gasteiger partial charge is 0.00980 e. The van der Waals surface area contributed by atoms with Gasteiger partial charge in [0.2, 0.25) is 0 Å². The van der Waals surface area contributed by atoms with E-state index < -0.39 is 0 Å². The summed E-state index contributed by atoms with van der Waals surface area (Å²) < 4.78 is 0. The molecule has 0 amide bonds. The van der Waals surface area contributed by atoms with Gasteiger partial charge in [-0.15, -0.1) is 0 Å². The zero-order chi connectivity index (χ0) is 8.97. The maximum Gasteiger partial charge on any atom is 0.00980 e. The van der Waals surface area contributed by atoms with Crippen molar-refractivity contribution >= 4 is 19.4 Å². The van der Waals surface area contributed by atoms with Gasteiger partial charge in [-0.1, -0.05) is 37.1 Å². The quantitative estimate of drug-likeness (QED) is 0.516. The van der Waals surface area contributed by atoms with E-state index >= 15 is 0 Å². The van der Waals surface area contributed by atoms with Crippen molar-refractivity contribution in [3.05, 3.63) is 23.8 Å². The summed E-state index contributed by atoms with van der Waals surface area (Å²) in [6, 6.07) is 0. The summed E-state index contributed by atoms with van der Waals surface area (Å²) in [5.74, 6) is 0. The summed E-state index contributed by atoms with van der Waals surface area (Å²) in [7, 11) is -0.0548. The second-order valence-electron chi connectivity index (χ2n) is 3.27. The lowest BCUT2D eigenvalue weighted by atomic mass is 10.1. The Bertz CT molecular complexity index is 196. The minimum Gasteiger partial charge on any atom is -0.151 e. The fraction of sp³-hybridized carbons (Fsp3) is 0.600. The third kappa shape index (κ3) is 2.95. The Morgan fingerprint density at radius 2 is 2.42 bits per heavy atom. The van der Waals surface area contributed by atoms with E-state index in [0.29, 0.717) is 0 Å². The largest absolute Gasteiger partial charge is 0.151 e. The standard InChI is InChI=1S/C10H17PS/c1-3-8-11(12)10-6-4-9(2)5-7-10/h4-6,10,12H,3,7-8H2,1-2H3. The van der Waals surface area contributed by atoms with Gasteiger partial charge >= 0.3 is 0 Å². The third-order valence-electron chi connectivity index (χ3n) is 2.10. The highest BCUT2D eigenvalue weighted by Gasteiger charge is 2.14. The van der Waals surface area contributed by atoms with Gasteiger partial charge < -0.3 is 0 Å². The van der Waals surface area contributed by atoms with Gasteiger partial charge in [-0.05, 0) is 26.6 Å². The molecule has 0 N–H and O–H groups in total. The molecule has 2 unspecified atom stereocenters. The van der Waals surface area contributed by atoms with Crippen molar-refractivity contribution in [1.29, 1.82) is 0 Å². The Labute approximate surface area is 82.0 Å². The van der Waals surface area contributed by atoms with Crippen LogP contribution in [0.1, 0.15) is 26.7 Å². The molecular weight excluding hydrogens is 183 g/mol. The maximum absolute atomic E-state index is 4.67. The first-order valence-electron chi connectivity index (χ1n) is 4.54. The Hall–Kier alpha value is 0.260. The number of hydrogen-bond acceptors (Lipinski definition) is 1. The van der Waals surface area contributed by atoms with Gasteiger partial charge in [0.1, 0.15) is 0 Å². The second kappa shape index (κ2) is 5.09. The van der Waals surface area contributed by atoms with E-state index in [-0.39, 0.29) is 7.12 Å². The van der Waals surface area contributed by atoms with Crippen LogP contribution in [0.15, 0.2) is 23.8 Å². The lowest BCUT2D eigenvalue weighted by Gasteiger charge is -2.21. The molecule has 0 heterocycles. The van der Waals surface area contributed by atoms with E-state index in [1.165, 1.54) is 24.6 Å². The van der Waals surface area contributed by atoms with Gasteiger partial charge in [0, 0.05) is 5.66 Å². The number of hydrogen-bond donors (Lipinski definition) is 1. The Kier molecular flexibility index (Phi) is 4.39. The number of thiol groups is 1. The van der Waals surface area contributed by atoms with Crippen molar-refractivity contribution in [3.8, 4) is 0 Å². The first-order valence-corrected chi connectivity index (χ1v) is 7.29. The molecular formula is C10H17PS. The van der Waals surface area contributed by atoms with Crippen LogP contribution in [-0.2, 0) is 0 Å². The highest BCUT2D eigenvalue weighted by molar-refractivity contribution is 8.45. The Morgan fingerprint density at radius 3 is 2.92 bits per heavy atom. The van der Waals surface area contributed by atoms with Crippen LogP contribution in [0.3, 0.4) is 0 Å². The summed E-state index contributed by atoms with van der Waals surface area (Å²) in [6.07, 6.45) is 10.7. The average Bonchev–Trinajstić information content (AvgIpc) is 2.06. The van der Waals surface area contributed by atoms with Crippen molar-refractivity contribution in [2.75, 3.05) is 6.16 Å². The monoisotopic (exact) mass is 200 g/mol. The highest BCUT2D eigenvalue weighted by atomic mass is 32.7. The predicted octanol–water partition coefficient (Wildman–Crippen LogP) is 4.00. The number of rotatable bonds is 3. The predicted molar refractivity (Wildman–Crippen MR) is 62.4 cm³/mol. The molecule has 0 aromatic heterocycles. The topological polar surface area (TPSA) is 0 Å². The second-order valence-corrected chi connectivity index (χ2v) is 6.80. The number of allylic oxidation sites excluding steroid dienone is 4. The van der Waals surface area contributed by atoms with Crippen molar-refractivity contribution in [2.45, 2.75) is 32.3 Å². The van der Waals surface area contributed by atoms with Crippen molar-refractivity contribution in [3.63, 3.8) is 0 Å². The first-order chi connectivity index (χ1) is 5.74. The fourth-order valence-electron chi connectivity index (χ4n) is 1.33. The lowest BCUT2D eigenvalue weighted by Crippen LogP contribution is -2.02. The molecule has 1 rings (SSSR count). The van der Waals surface area contributed by atoms with Crippen LogP contribution < -0.4 is 0 Å². The molecule has 0 bridgehead atoms. The van der Waals surface area contributed by atoms with E-state index in [1.54, 1.807) is 0 Å². The van der Waals surface area contributed by atoms with Crippen LogP contribution in [0.5, 0.6) is 0 Å². The SMILES string of the molecule is CCCP(S)C1C=CC(C)=CC1. The van der Waals surface area contributed by atoms with E-state index in [9.17, 15) is 0 Å². The van der Waals surface area contributed by atoms with Gasteiger partial charge in [-0.25, -0.2) is 0 Å². The van der Waals surface area contributed by atoms with Gasteiger partial charge in [0.05, 0.1) is 0 Å². The average molecular weight is 200 g/mol. The maximum atomic E-state index is 4.67.